The van der Waals surface area contributed by atoms with E-state index in [9.17, 15) is 0 Å². The van der Waals surface area contributed by atoms with Gasteiger partial charge in [0.15, 0.2) is 0 Å². The molecule has 0 aliphatic rings. The number of aldehydes is 1. The molecule has 0 radical (unpaired) electrons. The van der Waals surface area contributed by atoms with Crippen LogP contribution in [0.2, 0.25) is 0 Å². The zero-order valence-corrected chi connectivity index (χ0v) is 2.84. The zero-order chi connectivity index (χ0) is 4.28. The largest absolute Gasteiger partial charge is 0.476 e. The van der Waals surface area contributed by atoms with Crippen LogP contribution in [0.15, 0.2) is 0 Å². The number of carboxylic acid groups (broad SMARTS) is 1. The van der Waals surface area contributed by atoms with E-state index in [0.29, 0.717) is 0 Å². The molecule has 0 atom stereocenters. The van der Waals surface area contributed by atoms with Gasteiger partial charge in [-0.3, -0.25) is 4.79 Å². The van der Waals surface area contributed by atoms with Crippen LogP contribution in [-0.2, 0) is 9.59 Å². The summed E-state index contributed by atoms with van der Waals surface area (Å²) in [7, 11) is 0. The van der Waals surface area contributed by atoms with Gasteiger partial charge in [-0.2, -0.15) is 0 Å². The van der Waals surface area contributed by atoms with Gasteiger partial charge in [-0.25, -0.2) is 4.79 Å². The Labute approximate surface area is 33.7 Å². The molecule has 0 saturated carbocycles. The van der Waals surface area contributed by atoms with Crippen LogP contribution in [-0.4, -0.2) is 22.8 Å². The first kappa shape index (κ1) is 8.92. The van der Waals surface area contributed by atoms with Crippen molar-refractivity contribution in [3.8, 4) is 0 Å². The van der Waals surface area contributed by atoms with Gasteiger partial charge in [0, 0.05) is 0 Å². The Kier molecular flexibility index (Phi) is 6.10. The molecule has 4 heteroatoms. The van der Waals surface area contributed by atoms with Crippen LogP contribution in [0.25, 0.3) is 0 Å². The highest BCUT2D eigenvalue weighted by Gasteiger charge is 1.80. The van der Waals surface area contributed by atoms with E-state index < -0.39 is 5.97 Å². The third kappa shape index (κ3) is 11.3. The van der Waals surface area contributed by atoms with E-state index in [-0.39, 0.29) is 11.8 Å². The Morgan fingerprint density at radius 3 is 1.83 bits per heavy atom. The monoisotopic (exact) mass is 94.0 g/mol. The van der Waals surface area contributed by atoms with Crippen LogP contribution in [0.3, 0.4) is 0 Å². The average Bonchev–Trinajstić information content (AvgIpc) is 1.38. The maximum Gasteiger partial charge on any atom is 0.368 e. The molecule has 36 valence electrons. The summed E-state index contributed by atoms with van der Waals surface area (Å²) < 4.78 is 0. The fraction of sp³-hybridized carbons (Fsp3) is 0. The van der Waals surface area contributed by atoms with Crippen molar-refractivity contribution in [2.75, 3.05) is 0 Å². The van der Waals surface area contributed by atoms with Crippen LogP contribution in [0.4, 0.5) is 0 Å². The van der Waals surface area contributed by atoms with Crippen molar-refractivity contribution in [1.82, 2.24) is 0 Å². The molecule has 6 heavy (non-hydrogen) atoms. The molecule has 0 saturated heterocycles. The van der Waals surface area contributed by atoms with Crippen molar-refractivity contribution >= 4 is 12.3 Å². The van der Waals surface area contributed by atoms with Crippen LogP contribution < -0.4 is 0 Å². The molecule has 0 aliphatic carbocycles. The highest BCUT2D eigenvalue weighted by atomic mass is 16.5. The topological polar surface area (TPSA) is 85.9 Å². The minimum Gasteiger partial charge on any atom is -0.476 e. The van der Waals surface area contributed by atoms with Gasteiger partial charge in [-0.1, -0.05) is 0 Å². The Balaban J connectivity index is 0. The molecule has 0 unspecified atom stereocenters. The highest BCUT2D eigenvalue weighted by molar-refractivity contribution is 6.19. The van der Waals surface area contributed by atoms with Gasteiger partial charge in [-0.05, 0) is 0 Å². The lowest BCUT2D eigenvalue weighted by Gasteiger charge is -1.59. The number of rotatable bonds is 1. The predicted octanol–water partition coefficient (Wildman–Crippen LogP) is -1.55. The Hall–Kier alpha value is -0.900. The maximum absolute atomic E-state index is 9.00. The van der Waals surface area contributed by atoms with E-state index in [4.69, 9.17) is 14.7 Å². The number of aliphatic carboxylic acids is 1. The molecule has 4 nitrogen and oxygen atoms in total. The van der Waals surface area contributed by atoms with Crippen molar-refractivity contribution < 1.29 is 20.2 Å². The quantitative estimate of drug-likeness (QED) is 0.242. The molecular formula is C2H4O4. The first-order chi connectivity index (χ1) is 2.27. The number of hydrogen-bond acceptors (Lipinski definition) is 2. The predicted molar refractivity (Wildman–Crippen MR) is 17.3 cm³/mol. The van der Waals surface area contributed by atoms with Crippen molar-refractivity contribution in [3.05, 3.63) is 0 Å². The van der Waals surface area contributed by atoms with Gasteiger partial charge in [0.2, 0.25) is 6.29 Å². The Morgan fingerprint density at radius 2 is 1.83 bits per heavy atom. The van der Waals surface area contributed by atoms with Crippen molar-refractivity contribution in [1.29, 1.82) is 0 Å². The van der Waals surface area contributed by atoms with E-state index in [1.807, 2.05) is 0 Å². The van der Waals surface area contributed by atoms with E-state index >= 15 is 0 Å². The van der Waals surface area contributed by atoms with E-state index in [1.165, 1.54) is 0 Å². The summed E-state index contributed by atoms with van der Waals surface area (Å²) >= 11 is 0. The lowest BCUT2D eigenvalue weighted by Crippen LogP contribution is -1.91. The van der Waals surface area contributed by atoms with Gasteiger partial charge >= 0.3 is 5.97 Å². The molecular weight excluding hydrogens is 90.0 g/mol. The van der Waals surface area contributed by atoms with Crippen molar-refractivity contribution in [2.45, 2.75) is 0 Å². The molecule has 0 aromatic rings. The van der Waals surface area contributed by atoms with Crippen LogP contribution in [0.5, 0.6) is 0 Å². The van der Waals surface area contributed by atoms with Gasteiger partial charge in [0.05, 0.1) is 0 Å². The first-order valence-corrected chi connectivity index (χ1v) is 0.952. The lowest BCUT2D eigenvalue weighted by molar-refractivity contribution is -0.143. The molecule has 0 heterocycles. The van der Waals surface area contributed by atoms with Gasteiger partial charge in [0.25, 0.3) is 0 Å². The molecule has 3 N–H and O–H groups in total. The van der Waals surface area contributed by atoms with E-state index in [0.717, 1.165) is 0 Å². The average molecular weight is 94.0 g/mol. The second-order valence-corrected chi connectivity index (χ2v) is 0.456. The second kappa shape index (κ2) is 4.10. The molecule has 0 amide bonds. The summed E-state index contributed by atoms with van der Waals surface area (Å²) in [4.78, 5) is 17.9. The molecule has 0 aromatic heterocycles. The number of hydrogen-bond donors (Lipinski definition) is 1. The van der Waals surface area contributed by atoms with Gasteiger partial charge in [-0.15, -0.1) is 0 Å². The number of carbonyl (C=O) groups is 2. The standard InChI is InChI=1S/C2H2O3.H2O/c3-1-2(4)5;/h1H,(H,4,5);1H2/i1+1,2+1;. The Bertz CT molecular complexity index is 56.6. The minimum absolute atomic E-state index is 0. The summed E-state index contributed by atoms with van der Waals surface area (Å²) in [6.07, 6.45) is -0.167. The van der Waals surface area contributed by atoms with Crippen LogP contribution >= 0.6 is 0 Å². The minimum atomic E-state index is -1.43. The highest BCUT2D eigenvalue weighted by Crippen LogP contribution is 1.39. The smallest absolute Gasteiger partial charge is 0.368 e. The second-order valence-electron chi connectivity index (χ2n) is 0.456. The van der Waals surface area contributed by atoms with Gasteiger partial charge < -0.3 is 10.6 Å². The van der Waals surface area contributed by atoms with Crippen LogP contribution in [0, 0.1) is 0 Å². The zero-order valence-electron chi connectivity index (χ0n) is 2.84. The molecule has 0 bridgehead atoms. The van der Waals surface area contributed by atoms with E-state index in [1.54, 1.807) is 0 Å². The summed E-state index contributed by atoms with van der Waals surface area (Å²) in [5.74, 6) is -1.43. The molecule has 0 fully saturated rings. The summed E-state index contributed by atoms with van der Waals surface area (Å²) in [5, 5.41) is 7.35. The molecule has 0 aromatic carbocycles. The summed E-state index contributed by atoms with van der Waals surface area (Å²) in [6.45, 7) is 0. The third-order valence-corrected chi connectivity index (χ3v) is 0.101. The van der Waals surface area contributed by atoms with Gasteiger partial charge in [0.1, 0.15) is 0 Å². The normalized spacial score (nSPS) is 5.33. The SMILES string of the molecule is O.O=[13CH][13C](=O)O. The number of carbonyl (C=O) groups excluding carboxylic acids is 1. The Morgan fingerprint density at radius 1 is 1.67 bits per heavy atom. The third-order valence-electron chi connectivity index (χ3n) is 0.101. The number of carboxylic acids is 1. The molecule has 0 aliphatic heterocycles. The maximum atomic E-state index is 9.00. The van der Waals surface area contributed by atoms with Crippen molar-refractivity contribution in [2.24, 2.45) is 0 Å². The lowest BCUT2D eigenvalue weighted by atomic mass is 11.8. The fourth-order valence-corrected chi connectivity index (χ4v) is 0. The summed E-state index contributed by atoms with van der Waals surface area (Å²) in [5.41, 5.74) is 0. The molecule has 0 rings (SSSR count). The van der Waals surface area contributed by atoms with E-state index in [2.05, 4.69) is 0 Å². The fourth-order valence-electron chi connectivity index (χ4n) is 0. The summed E-state index contributed by atoms with van der Waals surface area (Å²) in [6, 6.07) is 0. The van der Waals surface area contributed by atoms with Crippen molar-refractivity contribution in [3.63, 3.8) is 0 Å². The van der Waals surface area contributed by atoms with Crippen LogP contribution in [0.1, 0.15) is 0 Å². The molecule has 0 spiro atoms. The first-order valence-electron chi connectivity index (χ1n) is 0.952.